The van der Waals surface area contributed by atoms with Crippen LogP contribution in [0.2, 0.25) is 0 Å². The van der Waals surface area contributed by atoms with Gasteiger partial charge in [-0.2, -0.15) is 0 Å². The molecule has 0 saturated carbocycles. The van der Waals surface area contributed by atoms with Crippen molar-refractivity contribution in [2.24, 2.45) is 5.41 Å². The first kappa shape index (κ1) is 25.2. The maximum absolute atomic E-state index is 12.0. The van der Waals surface area contributed by atoms with Gasteiger partial charge in [-0.15, -0.1) is 0 Å². The molecular formula is C24H30N2O6. The number of para-hydroxylation sites is 1. The summed E-state index contributed by atoms with van der Waals surface area (Å²) in [6, 6.07) is 16.8. The van der Waals surface area contributed by atoms with Crippen LogP contribution in [-0.4, -0.2) is 53.5 Å². The second kappa shape index (κ2) is 12.1. The number of aliphatic hydroxyl groups is 2. The summed E-state index contributed by atoms with van der Waals surface area (Å²) in [5, 5.41) is 24.4. The molecule has 2 aromatic rings. The van der Waals surface area contributed by atoms with Gasteiger partial charge in [0.2, 0.25) is 17.5 Å². The van der Waals surface area contributed by atoms with Crippen LogP contribution in [0.25, 0.3) is 0 Å². The first-order valence-electron chi connectivity index (χ1n) is 10.4. The van der Waals surface area contributed by atoms with E-state index in [1.54, 1.807) is 13.8 Å². The van der Waals surface area contributed by atoms with Crippen LogP contribution in [0.1, 0.15) is 25.8 Å². The molecule has 0 aliphatic rings. The Kier molecular flexibility index (Phi) is 9.52. The van der Waals surface area contributed by atoms with Gasteiger partial charge in [0, 0.05) is 24.9 Å². The number of carbonyl (C=O) groups excluding carboxylic acids is 3. The highest BCUT2D eigenvalue weighted by atomic mass is 16.5. The fourth-order valence-corrected chi connectivity index (χ4v) is 2.70. The molecule has 0 aromatic heterocycles. The molecule has 8 nitrogen and oxygen atoms in total. The SMILES string of the molecule is CC(C)(CO)C(O)C(=O)NCCC(=O)C(=O)CNCc1ccc(Oc2ccccc2)cc1. The van der Waals surface area contributed by atoms with Crippen molar-refractivity contribution in [3.63, 3.8) is 0 Å². The Bertz CT molecular complexity index is 896. The minimum Gasteiger partial charge on any atom is -0.457 e. The molecule has 2 rings (SSSR count). The summed E-state index contributed by atoms with van der Waals surface area (Å²) in [5.74, 6) is -0.451. The Morgan fingerprint density at radius 1 is 0.969 bits per heavy atom. The predicted octanol–water partition coefficient (Wildman–Crippen LogP) is 1.59. The number of hydrogen-bond donors (Lipinski definition) is 4. The smallest absolute Gasteiger partial charge is 0.249 e. The van der Waals surface area contributed by atoms with Gasteiger partial charge >= 0.3 is 0 Å². The molecule has 2 aromatic carbocycles. The Morgan fingerprint density at radius 2 is 1.59 bits per heavy atom. The molecule has 1 amide bonds. The number of hydrogen-bond acceptors (Lipinski definition) is 7. The zero-order valence-corrected chi connectivity index (χ0v) is 18.3. The normalized spacial score (nSPS) is 12.1. The number of nitrogens with one attached hydrogen (secondary N) is 2. The van der Waals surface area contributed by atoms with E-state index in [4.69, 9.17) is 4.74 Å². The third-order valence-electron chi connectivity index (χ3n) is 4.88. The van der Waals surface area contributed by atoms with Crippen LogP contribution in [-0.2, 0) is 20.9 Å². The summed E-state index contributed by atoms with van der Waals surface area (Å²) in [7, 11) is 0. The second-order valence-electron chi connectivity index (χ2n) is 8.10. The second-order valence-corrected chi connectivity index (χ2v) is 8.10. The van der Waals surface area contributed by atoms with E-state index in [1.165, 1.54) is 0 Å². The van der Waals surface area contributed by atoms with Crippen LogP contribution >= 0.6 is 0 Å². The van der Waals surface area contributed by atoms with Gasteiger partial charge in [-0.3, -0.25) is 14.4 Å². The zero-order valence-electron chi connectivity index (χ0n) is 18.3. The van der Waals surface area contributed by atoms with E-state index in [0.717, 1.165) is 11.3 Å². The fourth-order valence-electron chi connectivity index (χ4n) is 2.70. The Labute approximate surface area is 187 Å². The highest BCUT2D eigenvalue weighted by Gasteiger charge is 2.32. The molecule has 0 fully saturated rings. The predicted molar refractivity (Wildman–Crippen MR) is 119 cm³/mol. The lowest BCUT2D eigenvalue weighted by Crippen LogP contribution is -2.46. The quantitative estimate of drug-likeness (QED) is 0.347. The van der Waals surface area contributed by atoms with E-state index >= 15 is 0 Å². The number of carbonyl (C=O) groups is 3. The molecule has 0 heterocycles. The van der Waals surface area contributed by atoms with Gasteiger partial charge in [0.15, 0.2) is 0 Å². The lowest BCUT2D eigenvalue weighted by Gasteiger charge is -2.27. The average molecular weight is 443 g/mol. The van der Waals surface area contributed by atoms with Crippen molar-refractivity contribution in [3.05, 3.63) is 60.2 Å². The Balaban J connectivity index is 1.68. The highest BCUT2D eigenvalue weighted by Crippen LogP contribution is 2.21. The maximum Gasteiger partial charge on any atom is 0.249 e. The van der Waals surface area contributed by atoms with Crippen molar-refractivity contribution in [1.82, 2.24) is 10.6 Å². The lowest BCUT2D eigenvalue weighted by molar-refractivity contribution is -0.138. The lowest BCUT2D eigenvalue weighted by atomic mass is 9.87. The van der Waals surface area contributed by atoms with Crippen LogP contribution < -0.4 is 15.4 Å². The molecule has 172 valence electrons. The monoisotopic (exact) mass is 442 g/mol. The van der Waals surface area contributed by atoms with Gasteiger partial charge in [-0.05, 0) is 29.8 Å². The molecule has 0 aliphatic carbocycles. The summed E-state index contributed by atoms with van der Waals surface area (Å²) in [6.45, 7) is 2.94. The Hall–Kier alpha value is -3.07. The third-order valence-corrected chi connectivity index (χ3v) is 4.88. The van der Waals surface area contributed by atoms with Crippen molar-refractivity contribution in [2.45, 2.75) is 32.9 Å². The van der Waals surface area contributed by atoms with E-state index in [2.05, 4.69) is 10.6 Å². The summed E-state index contributed by atoms with van der Waals surface area (Å²) in [6.07, 6.45) is -1.58. The molecule has 4 N–H and O–H groups in total. The van der Waals surface area contributed by atoms with E-state index in [0.29, 0.717) is 12.3 Å². The molecule has 1 unspecified atom stereocenters. The number of ether oxygens (including phenoxy) is 1. The van der Waals surface area contributed by atoms with Gasteiger partial charge in [-0.25, -0.2) is 0 Å². The molecular weight excluding hydrogens is 412 g/mol. The van der Waals surface area contributed by atoms with Crippen LogP contribution in [0, 0.1) is 5.41 Å². The molecule has 1 atom stereocenters. The minimum atomic E-state index is -1.41. The Morgan fingerprint density at radius 3 is 2.22 bits per heavy atom. The highest BCUT2D eigenvalue weighted by molar-refractivity contribution is 6.38. The molecule has 8 heteroatoms. The maximum atomic E-state index is 12.0. The number of aliphatic hydroxyl groups excluding tert-OH is 2. The fraction of sp³-hybridized carbons (Fsp3) is 0.375. The number of rotatable bonds is 13. The van der Waals surface area contributed by atoms with Crippen molar-refractivity contribution < 1.29 is 29.3 Å². The number of Topliss-reactive ketones (excluding diaryl/α,β-unsaturated/α-hetero) is 2. The number of ketones is 2. The standard InChI is InChI=1S/C24H30N2O6/c1-24(2,16-27)22(30)23(31)26-13-12-20(28)21(29)15-25-14-17-8-10-19(11-9-17)32-18-6-4-3-5-7-18/h3-11,22,25,27,30H,12-16H2,1-2H3,(H,26,31). The topological polar surface area (TPSA) is 125 Å². The van der Waals surface area contributed by atoms with Gasteiger partial charge < -0.3 is 25.6 Å². The third kappa shape index (κ3) is 7.88. The first-order chi connectivity index (χ1) is 15.2. The minimum absolute atomic E-state index is 0.0646. The molecule has 0 saturated heterocycles. The molecule has 0 bridgehead atoms. The summed E-state index contributed by atoms with van der Waals surface area (Å²) in [5.41, 5.74) is -0.0712. The van der Waals surface area contributed by atoms with Gasteiger partial charge in [0.05, 0.1) is 13.2 Å². The van der Waals surface area contributed by atoms with Crippen LogP contribution in [0.3, 0.4) is 0 Å². The molecule has 0 spiro atoms. The average Bonchev–Trinajstić information content (AvgIpc) is 2.80. The van der Waals surface area contributed by atoms with Crippen LogP contribution in [0.15, 0.2) is 54.6 Å². The van der Waals surface area contributed by atoms with Crippen LogP contribution in [0.5, 0.6) is 11.5 Å². The summed E-state index contributed by atoms with van der Waals surface area (Å²) in [4.78, 5) is 35.8. The molecule has 32 heavy (non-hydrogen) atoms. The van der Waals surface area contributed by atoms with Gasteiger partial charge in [0.1, 0.15) is 17.6 Å². The van der Waals surface area contributed by atoms with Crippen molar-refractivity contribution in [2.75, 3.05) is 19.7 Å². The van der Waals surface area contributed by atoms with E-state index in [-0.39, 0.29) is 26.1 Å². The van der Waals surface area contributed by atoms with E-state index in [1.807, 2.05) is 54.6 Å². The van der Waals surface area contributed by atoms with Gasteiger partial charge in [0.25, 0.3) is 0 Å². The molecule has 0 radical (unpaired) electrons. The largest absolute Gasteiger partial charge is 0.457 e. The zero-order chi connectivity index (χ0) is 23.6. The van der Waals surface area contributed by atoms with Crippen molar-refractivity contribution >= 4 is 17.5 Å². The summed E-state index contributed by atoms with van der Waals surface area (Å²) < 4.78 is 5.72. The summed E-state index contributed by atoms with van der Waals surface area (Å²) >= 11 is 0. The number of amides is 1. The van der Waals surface area contributed by atoms with Crippen molar-refractivity contribution in [1.29, 1.82) is 0 Å². The van der Waals surface area contributed by atoms with Crippen LogP contribution in [0.4, 0.5) is 0 Å². The molecule has 0 aliphatic heterocycles. The van der Waals surface area contributed by atoms with Crippen molar-refractivity contribution in [3.8, 4) is 11.5 Å². The first-order valence-corrected chi connectivity index (χ1v) is 10.4. The van der Waals surface area contributed by atoms with E-state index < -0.39 is 29.0 Å². The number of benzene rings is 2. The van der Waals surface area contributed by atoms with Gasteiger partial charge in [-0.1, -0.05) is 44.2 Å². The van der Waals surface area contributed by atoms with E-state index in [9.17, 15) is 24.6 Å².